The number of anilines is 1. The van der Waals surface area contributed by atoms with E-state index in [1.807, 2.05) is 19.1 Å². The van der Waals surface area contributed by atoms with Crippen LogP contribution in [0.2, 0.25) is 0 Å². The minimum atomic E-state index is -0.533. The van der Waals surface area contributed by atoms with E-state index in [-0.39, 0.29) is 5.91 Å². The van der Waals surface area contributed by atoms with Crippen molar-refractivity contribution in [2.75, 3.05) is 24.7 Å². The molecule has 142 valence electrons. The molecule has 4 rings (SSSR count). The molecule has 9 heteroatoms. The Morgan fingerprint density at radius 3 is 2.89 bits per heavy atom. The van der Waals surface area contributed by atoms with Crippen LogP contribution in [-0.2, 0) is 16.6 Å². The van der Waals surface area contributed by atoms with Gasteiger partial charge in [-0.3, -0.25) is 9.78 Å². The summed E-state index contributed by atoms with van der Waals surface area (Å²) < 4.78 is 7.12. The van der Waals surface area contributed by atoms with Gasteiger partial charge >= 0.3 is 0 Å². The third kappa shape index (κ3) is 3.14. The number of nitrogens with one attached hydrogen (secondary N) is 1. The molecule has 0 aliphatic carbocycles. The number of pyridine rings is 1. The predicted molar refractivity (Wildman–Crippen MR) is 98.3 cm³/mol. The maximum Gasteiger partial charge on any atom is 0.276 e. The number of hydrogen-bond donors (Lipinski definition) is 1. The molecule has 1 N–H and O–H groups in total. The maximum absolute atomic E-state index is 13.0. The summed E-state index contributed by atoms with van der Waals surface area (Å²) in [6.07, 6.45) is 6.33. The Bertz CT molecular complexity index is 857. The summed E-state index contributed by atoms with van der Waals surface area (Å²) in [5, 5.41) is 7.49. The van der Waals surface area contributed by atoms with Crippen molar-refractivity contribution in [2.45, 2.75) is 25.5 Å². The Kier molecular flexibility index (Phi) is 4.53. The lowest BCUT2D eigenvalue weighted by Crippen LogP contribution is -2.49. The third-order valence-electron chi connectivity index (χ3n) is 4.90. The highest BCUT2D eigenvalue weighted by molar-refractivity contribution is 6.06. The second kappa shape index (κ2) is 6.99. The lowest BCUT2D eigenvalue weighted by molar-refractivity contribution is -0.104. The van der Waals surface area contributed by atoms with E-state index in [9.17, 15) is 4.79 Å². The van der Waals surface area contributed by atoms with Gasteiger partial charge in [-0.1, -0.05) is 5.16 Å². The van der Waals surface area contributed by atoms with Gasteiger partial charge in [-0.05, 0) is 19.1 Å². The number of ether oxygens (including phenoxy) is 1. The highest BCUT2D eigenvalue weighted by Gasteiger charge is 2.41. The summed E-state index contributed by atoms with van der Waals surface area (Å²) in [6.45, 7) is 3.69. The van der Waals surface area contributed by atoms with Crippen LogP contribution in [0.15, 0.2) is 35.9 Å². The number of carbonyl (C=O) groups is 1. The van der Waals surface area contributed by atoms with Gasteiger partial charge in [-0.15, -0.1) is 0 Å². The zero-order valence-electron chi connectivity index (χ0n) is 15.4. The van der Waals surface area contributed by atoms with Crippen LogP contribution < -0.4 is 10.2 Å². The number of carbonyl (C=O) groups excluding carboxylic acids is 1. The summed E-state index contributed by atoms with van der Waals surface area (Å²) in [6, 6.07) is 3.67. The molecule has 1 saturated heterocycles. The fourth-order valence-corrected chi connectivity index (χ4v) is 3.33. The second-order valence-electron chi connectivity index (χ2n) is 6.55. The van der Waals surface area contributed by atoms with Crippen molar-refractivity contribution in [3.63, 3.8) is 0 Å². The van der Waals surface area contributed by atoms with Gasteiger partial charge in [-0.2, -0.15) is 0 Å². The smallest absolute Gasteiger partial charge is 0.276 e. The number of amides is 1. The van der Waals surface area contributed by atoms with E-state index in [1.165, 1.54) is 0 Å². The van der Waals surface area contributed by atoms with Crippen molar-refractivity contribution < 1.29 is 14.4 Å². The molecule has 1 amide bonds. The predicted octanol–water partition coefficient (Wildman–Crippen LogP) is 1.27. The zero-order valence-corrected chi connectivity index (χ0v) is 15.4. The summed E-state index contributed by atoms with van der Waals surface area (Å²) in [5.74, 6) is 0.943. The van der Waals surface area contributed by atoms with Crippen molar-refractivity contribution in [3.8, 4) is 0 Å². The molecular formula is C18H22N6O3. The summed E-state index contributed by atoms with van der Waals surface area (Å²) in [4.78, 5) is 28.9. The van der Waals surface area contributed by atoms with Gasteiger partial charge in [0.1, 0.15) is 5.69 Å². The summed E-state index contributed by atoms with van der Waals surface area (Å²) in [5.41, 5.74) is 0.677. The van der Waals surface area contributed by atoms with E-state index < -0.39 is 5.72 Å². The van der Waals surface area contributed by atoms with Gasteiger partial charge in [-0.25, -0.2) is 4.98 Å². The molecule has 0 atom stereocenters. The van der Waals surface area contributed by atoms with Crippen molar-refractivity contribution in [2.24, 2.45) is 12.2 Å². The molecule has 2 aliphatic rings. The Morgan fingerprint density at radius 2 is 2.19 bits per heavy atom. The molecular weight excluding hydrogens is 348 g/mol. The minimum absolute atomic E-state index is 0.146. The highest BCUT2D eigenvalue weighted by atomic mass is 16.7. The summed E-state index contributed by atoms with van der Waals surface area (Å²) >= 11 is 0. The van der Waals surface area contributed by atoms with Crippen LogP contribution in [0.4, 0.5) is 5.69 Å². The van der Waals surface area contributed by atoms with Crippen LogP contribution in [-0.4, -0.2) is 51.8 Å². The average Bonchev–Trinajstić information content (AvgIpc) is 3.27. The molecule has 0 bridgehead atoms. The first kappa shape index (κ1) is 17.5. The second-order valence-corrected chi connectivity index (χ2v) is 6.55. The topological polar surface area (TPSA) is 93.9 Å². The molecule has 9 nitrogen and oxygen atoms in total. The molecule has 1 spiro atoms. The fraction of sp³-hybridized carbons (Fsp3) is 0.444. The standard InChI is InChI=1S/C18H22N6O3/c1-3-24(13-5-4-8-19-11-13)17(25)14-12-20-16(23(14)2)15-21-18(27-22-15)6-9-26-10-7-18/h4-5,8,11-12H,3,6-7,9-10H2,1-2H3,(H,21,22). The monoisotopic (exact) mass is 370 g/mol. The van der Waals surface area contributed by atoms with Crippen LogP contribution >= 0.6 is 0 Å². The number of hydrogen-bond acceptors (Lipinski definition) is 7. The Balaban J connectivity index is 1.56. The van der Waals surface area contributed by atoms with Gasteiger partial charge in [0.05, 0.1) is 31.3 Å². The summed E-state index contributed by atoms with van der Waals surface area (Å²) in [7, 11) is 1.80. The molecule has 0 aromatic carbocycles. The van der Waals surface area contributed by atoms with E-state index in [4.69, 9.17) is 9.57 Å². The number of imidazole rings is 1. The molecule has 2 aromatic rings. The quantitative estimate of drug-likeness (QED) is 0.871. The number of nitrogens with zero attached hydrogens (tertiary/aromatic N) is 5. The van der Waals surface area contributed by atoms with E-state index in [0.29, 0.717) is 50.0 Å². The van der Waals surface area contributed by atoms with Crippen molar-refractivity contribution in [1.82, 2.24) is 19.9 Å². The minimum Gasteiger partial charge on any atom is -0.381 e. The normalized spacial score (nSPS) is 17.9. The third-order valence-corrected chi connectivity index (χ3v) is 4.90. The number of aromatic nitrogens is 3. The van der Waals surface area contributed by atoms with E-state index in [2.05, 4.69) is 20.4 Å². The van der Waals surface area contributed by atoms with E-state index in [1.54, 1.807) is 35.1 Å². The fourth-order valence-electron chi connectivity index (χ4n) is 3.33. The molecule has 0 saturated carbocycles. The first-order valence-corrected chi connectivity index (χ1v) is 8.99. The number of amidine groups is 1. The number of oxime groups is 1. The molecule has 2 aromatic heterocycles. The molecule has 0 unspecified atom stereocenters. The Hall–Kier alpha value is -2.94. The van der Waals surface area contributed by atoms with Gasteiger partial charge in [0.15, 0.2) is 5.82 Å². The van der Waals surface area contributed by atoms with Crippen LogP contribution in [0.25, 0.3) is 0 Å². The molecule has 4 heterocycles. The molecule has 27 heavy (non-hydrogen) atoms. The molecule has 1 fully saturated rings. The van der Waals surface area contributed by atoms with Crippen LogP contribution in [0.5, 0.6) is 0 Å². The van der Waals surface area contributed by atoms with Crippen LogP contribution in [0.1, 0.15) is 36.1 Å². The van der Waals surface area contributed by atoms with Crippen molar-refractivity contribution in [3.05, 3.63) is 42.2 Å². The zero-order chi connectivity index (χ0) is 18.9. The first-order chi connectivity index (χ1) is 13.1. The average molecular weight is 370 g/mol. The van der Waals surface area contributed by atoms with Crippen molar-refractivity contribution in [1.29, 1.82) is 0 Å². The van der Waals surface area contributed by atoms with Crippen LogP contribution in [0, 0.1) is 0 Å². The highest BCUT2D eigenvalue weighted by Crippen LogP contribution is 2.27. The van der Waals surface area contributed by atoms with Gasteiger partial charge in [0.2, 0.25) is 11.6 Å². The lowest BCUT2D eigenvalue weighted by Gasteiger charge is -2.30. The lowest BCUT2D eigenvalue weighted by atomic mass is 10.0. The molecule has 2 aliphatic heterocycles. The largest absolute Gasteiger partial charge is 0.381 e. The van der Waals surface area contributed by atoms with Crippen molar-refractivity contribution >= 4 is 17.4 Å². The first-order valence-electron chi connectivity index (χ1n) is 8.99. The Morgan fingerprint density at radius 1 is 1.37 bits per heavy atom. The Labute approximate surface area is 157 Å². The van der Waals surface area contributed by atoms with Crippen LogP contribution in [0.3, 0.4) is 0 Å². The van der Waals surface area contributed by atoms with E-state index >= 15 is 0 Å². The molecule has 0 radical (unpaired) electrons. The SMILES string of the molecule is CCN(C(=O)c1cnc(C2=NOC3(CCOCC3)N2)n1C)c1cccnc1. The van der Waals surface area contributed by atoms with Gasteiger partial charge < -0.3 is 24.4 Å². The van der Waals surface area contributed by atoms with Gasteiger partial charge in [0, 0.05) is 32.6 Å². The van der Waals surface area contributed by atoms with E-state index in [0.717, 1.165) is 5.69 Å². The maximum atomic E-state index is 13.0. The number of rotatable bonds is 4. The van der Waals surface area contributed by atoms with Gasteiger partial charge in [0.25, 0.3) is 5.91 Å².